The molecule has 2 rings (SSSR count). The summed E-state index contributed by atoms with van der Waals surface area (Å²) in [4.78, 5) is 28.3. The lowest BCUT2D eigenvalue weighted by Gasteiger charge is -2.36. The smallest absolute Gasteiger partial charge is 0.410 e. The van der Waals surface area contributed by atoms with Crippen LogP contribution in [0.5, 0.6) is 0 Å². The Labute approximate surface area is 161 Å². The molecular formula is C19H32N4O4. The summed E-state index contributed by atoms with van der Waals surface area (Å²) in [7, 11) is 0. The van der Waals surface area contributed by atoms with E-state index in [1.807, 2.05) is 40.8 Å². The van der Waals surface area contributed by atoms with Crippen LogP contribution >= 0.6 is 0 Å². The summed E-state index contributed by atoms with van der Waals surface area (Å²) in [5.74, 6) is -0.197. The molecule has 2 heterocycles. The van der Waals surface area contributed by atoms with Gasteiger partial charge in [0.2, 0.25) is 0 Å². The maximum atomic E-state index is 12.2. The predicted molar refractivity (Wildman–Crippen MR) is 103 cm³/mol. The topological polar surface area (TPSA) is 76.9 Å². The highest BCUT2D eigenvalue weighted by molar-refractivity contribution is 5.74. The molecule has 8 nitrogen and oxygen atoms in total. The fourth-order valence-electron chi connectivity index (χ4n) is 3.03. The molecule has 1 aromatic heterocycles. The van der Waals surface area contributed by atoms with E-state index in [1.165, 1.54) is 0 Å². The molecule has 0 aromatic carbocycles. The normalized spacial score (nSPS) is 16.4. The van der Waals surface area contributed by atoms with Crippen molar-refractivity contribution >= 4 is 17.7 Å². The average molecular weight is 380 g/mol. The Balaban J connectivity index is 1.99. The van der Waals surface area contributed by atoms with E-state index in [4.69, 9.17) is 9.47 Å². The van der Waals surface area contributed by atoms with Gasteiger partial charge in [0.15, 0.2) is 6.04 Å². The monoisotopic (exact) mass is 380 g/mol. The summed E-state index contributed by atoms with van der Waals surface area (Å²) in [5.41, 5.74) is 0.447. The van der Waals surface area contributed by atoms with Gasteiger partial charge in [-0.2, -0.15) is 5.10 Å². The van der Waals surface area contributed by atoms with E-state index in [0.717, 1.165) is 5.69 Å². The summed E-state index contributed by atoms with van der Waals surface area (Å²) in [5, 5.41) is 4.39. The first kappa shape index (κ1) is 21.1. The van der Waals surface area contributed by atoms with Gasteiger partial charge in [-0.15, -0.1) is 0 Å². The van der Waals surface area contributed by atoms with Gasteiger partial charge in [0, 0.05) is 32.4 Å². The van der Waals surface area contributed by atoms with Gasteiger partial charge in [-0.3, -0.25) is 4.68 Å². The number of hydrogen-bond donors (Lipinski definition) is 0. The molecule has 0 bridgehead atoms. The van der Waals surface area contributed by atoms with Gasteiger partial charge in [-0.1, -0.05) is 13.8 Å². The number of aromatic nitrogens is 2. The fraction of sp³-hybridized carbons (Fsp3) is 0.737. The number of piperazine rings is 1. The molecule has 1 fully saturated rings. The molecule has 1 unspecified atom stereocenters. The van der Waals surface area contributed by atoms with E-state index >= 15 is 0 Å². The maximum Gasteiger partial charge on any atom is 0.410 e. The standard InChI is InChI=1S/C19H32N4O4/c1-7-26-17(24)16(14(2)3)23-13-15(12-20-23)21-8-10-22(11-9-21)18(25)27-19(4,5)6/h12-14,16H,7-11H2,1-6H3. The first-order chi connectivity index (χ1) is 12.6. The van der Waals surface area contributed by atoms with Gasteiger partial charge in [-0.05, 0) is 33.6 Å². The van der Waals surface area contributed by atoms with Crippen molar-refractivity contribution < 1.29 is 19.1 Å². The van der Waals surface area contributed by atoms with Crippen molar-refractivity contribution in [2.75, 3.05) is 37.7 Å². The Bertz CT molecular complexity index is 642. The second-order valence-corrected chi connectivity index (χ2v) is 8.07. The van der Waals surface area contributed by atoms with Crippen LogP contribution in [0, 0.1) is 5.92 Å². The SMILES string of the molecule is CCOC(=O)C(C(C)C)n1cc(N2CCN(C(=O)OC(C)(C)C)CC2)cn1. The van der Waals surface area contributed by atoms with Crippen molar-refractivity contribution in [2.45, 2.75) is 53.2 Å². The van der Waals surface area contributed by atoms with Crippen LogP contribution in [-0.2, 0) is 14.3 Å². The van der Waals surface area contributed by atoms with Crippen molar-refractivity contribution in [1.82, 2.24) is 14.7 Å². The molecule has 1 saturated heterocycles. The van der Waals surface area contributed by atoms with E-state index < -0.39 is 11.6 Å². The minimum absolute atomic E-state index is 0.0702. The van der Waals surface area contributed by atoms with Crippen LogP contribution in [0.4, 0.5) is 10.5 Å². The van der Waals surface area contributed by atoms with E-state index in [-0.39, 0.29) is 18.0 Å². The van der Waals surface area contributed by atoms with Crippen LogP contribution in [0.3, 0.4) is 0 Å². The molecule has 1 amide bonds. The lowest BCUT2D eigenvalue weighted by atomic mass is 10.1. The second-order valence-electron chi connectivity index (χ2n) is 8.07. The fourth-order valence-corrected chi connectivity index (χ4v) is 3.03. The second kappa shape index (κ2) is 8.63. The molecule has 1 aliphatic heterocycles. The van der Waals surface area contributed by atoms with Crippen LogP contribution in [0.1, 0.15) is 47.6 Å². The van der Waals surface area contributed by atoms with E-state index in [1.54, 1.807) is 22.7 Å². The zero-order valence-electron chi connectivity index (χ0n) is 17.3. The van der Waals surface area contributed by atoms with Crippen molar-refractivity contribution in [3.05, 3.63) is 12.4 Å². The number of nitrogens with zero attached hydrogens (tertiary/aromatic N) is 4. The van der Waals surface area contributed by atoms with Crippen molar-refractivity contribution in [3.8, 4) is 0 Å². The van der Waals surface area contributed by atoms with Gasteiger partial charge < -0.3 is 19.3 Å². The highest BCUT2D eigenvalue weighted by atomic mass is 16.6. The molecule has 1 aliphatic rings. The third-order valence-corrected chi connectivity index (χ3v) is 4.33. The lowest BCUT2D eigenvalue weighted by Crippen LogP contribution is -2.50. The van der Waals surface area contributed by atoms with Crippen LogP contribution in [0.2, 0.25) is 0 Å². The first-order valence-electron chi connectivity index (χ1n) is 9.56. The molecule has 27 heavy (non-hydrogen) atoms. The van der Waals surface area contributed by atoms with Gasteiger partial charge in [0.1, 0.15) is 5.60 Å². The van der Waals surface area contributed by atoms with Crippen molar-refractivity contribution in [3.63, 3.8) is 0 Å². The van der Waals surface area contributed by atoms with Crippen LogP contribution in [-0.4, -0.2) is 65.1 Å². The Kier molecular flexibility index (Phi) is 6.73. The molecule has 0 aliphatic carbocycles. The van der Waals surface area contributed by atoms with E-state index in [2.05, 4.69) is 10.00 Å². The lowest BCUT2D eigenvalue weighted by molar-refractivity contribution is -0.149. The molecule has 0 saturated carbocycles. The molecule has 8 heteroatoms. The predicted octanol–water partition coefficient (Wildman–Crippen LogP) is 2.70. The molecule has 1 atom stereocenters. The van der Waals surface area contributed by atoms with Crippen LogP contribution in [0.15, 0.2) is 12.4 Å². The first-order valence-corrected chi connectivity index (χ1v) is 9.56. The minimum Gasteiger partial charge on any atom is -0.464 e. The van der Waals surface area contributed by atoms with Gasteiger partial charge in [0.25, 0.3) is 0 Å². The third kappa shape index (κ3) is 5.61. The average Bonchev–Trinajstić information content (AvgIpc) is 3.03. The molecule has 0 spiro atoms. The number of hydrogen-bond acceptors (Lipinski definition) is 6. The minimum atomic E-state index is -0.492. The molecule has 0 N–H and O–H groups in total. The summed E-state index contributed by atoms with van der Waals surface area (Å²) >= 11 is 0. The molecule has 152 valence electrons. The van der Waals surface area contributed by atoms with Gasteiger partial charge in [0.05, 0.1) is 18.5 Å². The zero-order chi connectivity index (χ0) is 20.2. The summed E-state index contributed by atoms with van der Waals surface area (Å²) < 4.78 is 12.3. The largest absolute Gasteiger partial charge is 0.464 e. The van der Waals surface area contributed by atoms with Gasteiger partial charge in [-0.25, -0.2) is 9.59 Å². The van der Waals surface area contributed by atoms with Crippen LogP contribution < -0.4 is 4.90 Å². The summed E-state index contributed by atoms with van der Waals surface area (Å²) in [6.07, 6.45) is 3.36. The number of amides is 1. The Hall–Kier alpha value is -2.25. The van der Waals surface area contributed by atoms with E-state index in [0.29, 0.717) is 32.8 Å². The van der Waals surface area contributed by atoms with E-state index in [9.17, 15) is 9.59 Å². The van der Waals surface area contributed by atoms with Crippen molar-refractivity contribution in [1.29, 1.82) is 0 Å². The Morgan fingerprint density at radius 3 is 2.33 bits per heavy atom. The quantitative estimate of drug-likeness (QED) is 0.731. The number of esters is 1. The van der Waals surface area contributed by atoms with Gasteiger partial charge >= 0.3 is 12.1 Å². The van der Waals surface area contributed by atoms with Crippen molar-refractivity contribution in [2.24, 2.45) is 5.92 Å². The number of rotatable bonds is 5. The Morgan fingerprint density at radius 1 is 1.19 bits per heavy atom. The molecular weight excluding hydrogens is 348 g/mol. The number of anilines is 1. The number of carbonyl (C=O) groups excluding carboxylic acids is 2. The molecule has 0 radical (unpaired) electrons. The van der Waals surface area contributed by atoms with Crippen LogP contribution in [0.25, 0.3) is 0 Å². The zero-order valence-corrected chi connectivity index (χ0v) is 17.3. The Morgan fingerprint density at radius 2 is 1.81 bits per heavy atom. The number of ether oxygens (including phenoxy) is 2. The number of carbonyl (C=O) groups is 2. The summed E-state index contributed by atoms with van der Waals surface area (Å²) in [6.45, 7) is 14.3. The third-order valence-electron chi connectivity index (χ3n) is 4.33. The highest BCUT2D eigenvalue weighted by Crippen LogP contribution is 2.23. The highest BCUT2D eigenvalue weighted by Gasteiger charge is 2.29. The molecule has 1 aromatic rings. The maximum absolute atomic E-state index is 12.2. The summed E-state index contributed by atoms with van der Waals surface area (Å²) in [6, 6.07) is -0.443.